The van der Waals surface area contributed by atoms with E-state index < -0.39 is 23.5 Å². The Hall–Kier alpha value is -2.31. The van der Waals surface area contributed by atoms with E-state index in [1.54, 1.807) is 0 Å². The minimum atomic E-state index is -4.71. The third-order valence-corrected chi connectivity index (χ3v) is 2.35. The number of benzene rings is 1. The van der Waals surface area contributed by atoms with Crippen LogP contribution in [0.15, 0.2) is 24.4 Å². The van der Waals surface area contributed by atoms with Crippen molar-refractivity contribution in [1.29, 1.82) is 0 Å². The maximum atomic E-state index is 12.5. The lowest BCUT2D eigenvalue weighted by Crippen LogP contribution is -2.05. The molecule has 2 rings (SSSR count). The van der Waals surface area contributed by atoms with Crippen LogP contribution in [-0.4, -0.2) is 21.2 Å². The number of hydrogen-bond donors (Lipinski definition) is 2. The molecule has 0 unspecified atom stereocenters. The van der Waals surface area contributed by atoms with Crippen LogP contribution in [-0.2, 0) is 6.18 Å². The molecule has 0 amide bonds. The number of alkyl halides is 3. The van der Waals surface area contributed by atoms with Crippen LogP contribution in [0.3, 0.4) is 0 Å². The number of phenols is 1. The molecule has 0 fully saturated rings. The summed E-state index contributed by atoms with van der Waals surface area (Å²) in [5.74, 6) is -2.23. The zero-order valence-corrected chi connectivity index (χ0v) is 8.69. The Morgan fingerprint density at radius 2 is 1.89 bits per heavy atom. The quantitative estimate of drug-likeness (QED) is 0.823. The van der Waals surface area contributed by atoms with Crippen molar-refractivity contribution in [3.8, 4) is 5.75 Å². The van der Waals surface area contributed by atoms with E-state index in [1.807, 2.05) is 0 Å². The first-order valence-electron chi connectivity index (χ1n) is 4.72. The van der Waals surface area contributed by atoms with Crippen LogP contribution < -0.4 is 0 Å². The number of rotatable bonds is 1. The summed E-state index contributed by atoms with van der Waals surface area (Å²) >= 11 is 0. The molecule has 0 radical (unpaired) electrons. The first-order valence-corrected chi connectivity index (χ1v) is 4.72. The van der Waals surface area contributed by atoms with Gasteiger partial charge in [0.2, 0.25) is 0 Å². The highest BCUT2D eigenvalue weighted by Crippen LogP contribution is 2.37. The van der Waals surface area contributed by atoms with Gasteiger partial charge in [0.15, 0.2) is 0 Å². The molecule has 1 aromatic carbocycles. The summed E-state index contributed by atoms with van der Waals surface area (Å²) in [6, 6.07) is 2.59. The van der Waals surface area contributed by atoms with E-state index in [2.05, 4.69) is 4.98 Å². The molecule has 7 heteroatoms. The van der Waals surface area contributed by atoms with Crippen LogP contribution in [0, 0.1) is 0 Å². The van der Waals surface area contributed by atoms with Gasteiger partial charge in [-0.2, -0.15) is 13.2 Å². The molecule has 18 heavy (non-hydrogen) atoms. The number of hydrogen-bond acceptors (Lipinski definition) is 3. The minimum Gasteiger partial charge on any atom is -0.507 e. The second-order valence-corrected chi connectivity index (χ2v) is 3.59. The van der Waals surface area contributed by atoms with Gasteiger partial charge in [0.1, 0.15) is 5.75 Å². The summed E-state index contributed by atoms with van der Waals surface area (Å²) in [7, 11) is 0. The molecule has 1 aromatic heterocycles. The largest absolute Gasteiger partial charge is 0.507 e. The number of aromatic carboxylic acids is 1. The molecule has 0 spiro atoms. The van der Waals surface area contributed by atoms with Crippen LogP contribution in [0.1, 0.15) is 15.9 Å². The van der Waals surface area contributed by atoms with Gasteiger partial charge in [0, 0.05) is 17.6 Å². The number of nitrogens with zero attached hydrogens (tertiary/aromatic N) is 1. The molecule has 0 aliphatic carbocycles. The predicted octanol–water partition coefficient (Wildman–Crippen LogP) is 2.66. The van der Waals surface area contributed by atoms with Gasteiger partial charge in [-0.05, 0) is 12.1 Å². The van der Waals surface area contributed by atoms with Crippen LogP contribution in [0.25, 0.3) is 10.9 Å². The van der Waals surface area contributed by atoms with E-state index in [4.69, 9.17) is 5.11 Å². The normalized spacial score (nSPS) is 11.7. The van der Waals surface area contributed by atoms with E-state index >= 15 is 0 Å². The molecule has 0 bridgehead atoms. The maximum Gasteiger partial charge on any atom is 0.419 e. The fourth-order valence-electron chi connectivity index (χ4n) is 1.51. The smallest absolute Gasteiger partial charge is 0.419 e. The van der Waals surface area contributed by atoms with Gasteiger partial charge in [-0.15, -0.1) is 0 Å². The number of aromatic hydroxyl groups is 1. The number of phenolic OH excluding ortho intramolecular Hbond substituents is 1. The van der Waals surface area contributed by atoms with Crippen molar-refractivity contribution in [2.24, 2.45) is 0 Å². The van der Waals surface area contributed by atoms with Gasteiger partial charge in [-0.25, -0.2) is 4.79 Å². The number of halogens is 3. The maximum absolute atomic E-state index is 12.5. The van der Waals surface area contributed by atoms with Crippen molar-refractivity contribution in [1.82, 2.24) is 4.98 Å². The Morgan fingerprint density at radius 3 is 2.44 bits per heavy atom. The van der Waals surface area contributed by atoms with Gasteiger partial charge in [-0.3, -0.25) is 4.98 Å². The molecule has 2 aromatic rings. The zero-order valence-electron chi connectivity index (χ0n) is 8.69. The fourth-order valence-corrected chi connectivity index (χ4v) is 1.51. The third kappa shape index (κ3) is 2.06. The number of carbonyl (C=O) groups is 1. The lowest BCUT2D eigenvalue weighted by Gasteiger charge is -2.10. The van der Waals surface area contributed by atoms with Crippen LogP contribution >= 0.6 is 0 Å². The van der Waals surface area contributed by atoms with E-state index in [9.17, 15) is 23.1 Å². The van der Waals surface area contributed by atoms with Gasteiger partial charge in [-0.1, -0.05) is 0 Å². The Bertz CT molecular complexity index is 637. The van der Waals surface area contributed by atoms with Crippen molar-refractivity contribution in [2.75, 3.05) is 0 Å². The lowest BCUT2D eigenvalue weighted by atomic mass is 10.1. The van der Waals surface area contributed by atoms with Gasteiger partial charge >= 0.3 is 12.1 Å². The predicted molar refractivity (Wildman–Crippen MR) is 55.4 cm³/mol. The SMILES string of the molecule is O=C(O)c1cnc2cc(O)c(C(F)(F)F)cc2c1. The van der Waals surface area contributed by atoms with Crippen LogP contribution in [0.2, 0.25) is 0 Å². The monoisotopic (exact) mass is 257 g/mol. The second kappa shape index (κ2) is 3.86. The van der Waals surface area contributed by atoms with E-state index in [1.165, 1.54) is 0 Å². The number of aromatic nitrogens is 1. The van der Waals surface area contributed by atoms with Crippen LogP contribution in [0.5, 0.6) is 5.75 Å². The Labute approximate surface area is 98.3 Å². The highest BCUT2D eigenvalue weighted by molar-refractivity contribution is 5.93. The summed E-state index contributed by atoms with van der Waals surface area (Å²) in [6.45, 7) is 0. The summed E-state index contributed by atoms with van der Waals surface area (Å²) in [6.07, 6.45) is -3.70. The van der Waals surface area contributed by atoms with Crippen molar-refractivity contribution in [3.05, 3.63) is 35.5 Å². The molecule has 94 valence electrons. The standard InChI is InChI=1S/C11H6F3NO3/c12-11(13,14)7-2-5-1-6(10(17)18)4-15-8(5)3-9(7)16/h1-4,16H,(H,17,18). The lowest BCUT2D eigenvalue weighted by molar-refractivity contribution is -0.138. The number of fused-ring (bicyclic) bond motifs is 1. The first kappa shape index (κ1) is 12.2. The Balaban J connectivity index is 2.71. The number of pyridine rings is 1. The molecular weight excluding hydrogens is 251 g/mol. The summed E-state index contributed by atoms with van der Waals surface area (Å²) in [5.41, 5.74) is -1.36. The molecule has 0 aliphatic rings. The third-order valence-electron chi connectivity index (χ3n) is 2.35. The Morgan fingerprint density at radius 1 is 1.22 bits per heavy atom. The number of carboxylic acid groups (broad SMARTS) is 1. The van der Waals surface area contributed by atoms with Crippen molar-refractivity contribution < 1.29 is 28.2 Å². The highest BCUT2D eigenvalue weighted by Gasteiger charge is 2.34. The molecule has 0 aliphatic heterocycles. The zero-order chi connectivity index (χ0) is 13.5. The number of carboxylic acids is 1. The fraction of sp³-hybridized carbons (Fsp3) is 0.0909. The molecule has 2 N–H and O–H groups in total. The van der Waals surface area contributed by atoms with E-state index in [-0.39, 0.29) is 16.5 Å². The van der Waals surface area contributed by atoms with Gasteiger partial charge in [0.05, 0.1) is 16.6 Å². The average molecular weight is 257 g/mol. The van der Waals surface area contributed by atoms with Gasteiger partial charge < -0.3 is 10.2 Å². The van der Waals surface area contributed by atoms with E-state index in [0.29, 0.717) is 6.07 Å². The molecule has 0 atom stereocenters. The molecule has 1 heterocycles. The van der Waals surface area contributed by atoms with Gasteiger partial charge in [0.25, 0.3) is 0 Å². The molecule has 0 saturated heterocycles. The van der Waals surface area contributed by atoms with Crippen molar-refractivity contribution in [3.63, 3.8) is 0 Å². The first-order chi connectivity index (χ1) is 8.29. The second-order valence-electron chi connectivity index (χ2n) is 3.59. The molecule has 0 saturated carbocycles. The molecular formula is C11H6F3NO3. The minimum absolute atomic E-state index is 0.0000231. The topological polar surface area (TPSA) is 70.4 Å². The summed E-state index contributed by atoms with van der Waals surface area (Å²) in [5, 5.41) is 18.0. The van der Waals surface area contributed by atoms with Crippen LogP contribution in [0.4, 0.5) is 13.2 Å². The van der Waals surface area contributed by atoms with Crippen molar-refractivity contribution >= 4 is 16.9 Å². The molecule has 4 nitrogen and oxygen atoms in total. The average Bonchev–Trinajstić information content (AvgIpc) is 2.25. The highest BCUT2D eigenvalue weighted by atomic mass is 19.4. The van der Waals surface area contributed by atoms with E-state index in [0.717, 1.165) is 18.3 Å². The summed E-state index contributed by atoms with van der Waals surface area (Å²) in [4.78, 5) is 14.4. The summed E-state index contributed by atoms with van der Waals surface area (Å²) < 4.78 is 37.6. The Kier molecular flexibility index (Phi) is 2.61. The van der Waals surface area contributed by atoms with Crippen molar-refractivity contribution in [2.45, 2.75) is 6.18 Å².